The van der Waals surface area contributed by atoms with Gasteiger partial charge in [-0.25, -0.2) is 18.7 Å². The number of aromatic nitrogens is 2. The van der Waals surface area contributed by atoms with Gasteiger partial charge in [0.25, 0.3) is 6.43 Å². The highest BCUT2D eigenvalue weighted by Gasteiger charge is 2.40. The van der Waals surface area contributed by atoms with Gasteiger partial charge in [-0.15, -0.1) is 0 Å². The number of nitrogens with one attached hydrogen (secondary N) is 2. The fourth-order valence-corrected chi connectivity index (χ4v) is 2.41. The lowest BCUT2D eigenvalue weighted by atomic mass is 10.1. The Labute approximate surface area is 112 Å². The van der Waals surface area contributed by atoms with Crippen molar-refractivity contribution in [3.05, 3.63) is 18.1 Å². The van der Waals surface area contributed by atoms with Crippen LogP contribution in [0.2, 0.25) is 0 Å². The Balaban J connectivity index is 1.78. The summed E-state index contributed by atoms with van der Waals surface area (Å²) < 4.78 is 25.2. The molecule has 0 radical (unpaired) electrons. The molecule has 7 nitrogen and oxygen atoms in total. The molecule has 3 rings (SSSR count). The lowest BCUT2D eigenvalue weighted by molar-refractivity contribution is -0.142. The van der Waals surface area contributed by atoms with E-state index >= 15 is 0 Å². The van der Waals surface area contributed by atoms with E-state index in [2.05, 4.69) is 20.6 Å². The molecule has 2 amide bonds. The fraction of sp³-hybridized carbons (Fsp3) is 0.455. The molecule has 0 unspecified atom stereocenters. The third-order valence-electron chi connectivity index (χ3n) is 3.38. The highest BCUT2D eigenvalue weighted by atomic mass is 19.3. The molecule has 0 aliphatic carbocycles. The van der Waals surface area contributed by atoms with E-state index in [1.54, 1.807) is 4.90 Å². The fourth-order valence-electron chi connectivity index (χ4n) is 2.41. The van der Waals surface area contributed by atoms with Crippen molar-refractivity contribution >= 4 is 17.6 Å². The van der Waals surface area contributed by atoms with Gasteiger partial charge in [-0.3, -0.25) is 9.59 Å². The van der Waals surface area contributed by atoms with Crippen LogP contribution in [0.3, 0.4) is 0 Å². The number of nitrogens with zero attached hydrogens (tertiary/aromatic N) is 3. The second-order valence-electron chi connectivity index (χ2n) is 4.67. The summed E-state index contributed by atoms with van der Waals surface area (Å²) in [6.45, 7) is 0.798. The number of fused-ring (bicyclic) bond motifs is 1. The van der Waals surface area contributed by atoms with Crippen molar-refractivity contribution in [2.45, 2.75) is 18.5 Å². The SMILES string of the molecule is O=C1N[C@H]2CN(c3cc(C(F)F)ncn3)C[C@H]2NC1=O. The number of rotatable bonds is 2. The summed E-state index contributed by atoms with van der Waals surface area (Å²) in [4.78, 5) is 31.7. The molecule has 2 atom stereocenters. The topological polar surface area (TPSA) is 87.2 Å². The molecule has 2 aliphatic rings. The molecule has 2 aliphatic heterocycles. The second-order valence-corrected chi connectivity index (χ2v) is 4.67. The van der Waals surface area contributed by atoms with Crippen molar-refractivity contribution in [2.24, 2.45) is 0 Å². The van der Waals surface area contributed by atoms with E-state index in [0.29, 0.717) is 18.9 Å². The summed E-state index contributed by atoms with van der Waals surface area (Å²) in [5, 5.41) is 5.16. The van der Waals surface area contributed by atoms with Crippen molar-refractivity contribution in [3.8, 4) is 0 Å². The number of halogens is 2. The molecule has 3 heterocycles. The summed E-state index contributed by atoms with van der Waals surface area (Å²) in [6.07, 6.45) is -1.59. The molecule has 106 valence electrons. The molecule has 9 heteroatoms. The van der Waals surface area contributed by atoms with E-state index in [9.17, 15) is 18.4 Å². The normalized spacial score (nSPS) is 25.4. The molecule has 0 spiro atoms. The van der Waals surface area contributed by atoms with Crippen LogP contribution in [0, 0.1) is 0 Å². The van der Waals surface area contributed by atoms with Crippen LogP contribution < -0.4 is 15.5 Å². The zero-order chi connectivity index (χ0) is 14.3. The Morgan fingerprint density at radius 3 is 2.30 bits per heavy atom. The predicted molar refractivity (Wildman–Crippen MR) is 63.1 cm³/mol. The van der Waals surface area contributed by atoms with Gasteiger partial charge < -0.3 is 15.5 Å². The minimum Gasteiger partial charge on any atom is -0.352 e. The maximum atomic E-state index is 12.6. The summed E-state index contributed by atoms with van der Waals surface area (Å²) in [5.41, 5.74) is -0.349. The van der Waals surface area contributed by atoms with Crippen LogP contribution in [0.15, 0.2) is 12.4 Å². The van der Waals surface area contributed by atoms with Crippen LogP contribution in [0.25, 0.3) is 0 Å². The van der Waals surface area contributed by atoms with E-state index in [1.807, 2.05) is 0 Å². The van der Waals surface area contributed by atoms with Gasteiger partial charge in [0.2, 0.25) is 0 Å². The number of piperazine rings is 1. The van der Waals surface area contributed by atoms with Gasteiger partial charge in [0.05, 0.1) is 12.1 Å². The summed E-state index contributed by atoms with van der Waals surface area (Å²) in [6, 6.07) is 0.723. The van der Waals surface area contributed by atoms with E-state index in [4.69, 9.17) is 0 Å². The third-order valence-corrected chi connectivity index (χ3v) is 3.38. The number of hydrogen-bond donors (Lipinski definition) is 2. The average molecular weight is 283 g/mol. The van der Waals surface area contributed by atoms with Crippen LogP contribution in [0.1, 0.15) is 12.1 Å². The van der Waals surface area contributed by atoms with Crippen molar-refractivity contribution in [2.75, 3.05) is 18.0 Å². The number of carbonyl (C=O) groups is 2. The van der Waals surface area contributed by atoms with Crippen molar-refractivity contribution in [3.63, 3.8) is 0 Å². The van der Waals surface area contributed by atoms with Crippen LogP contribution in [-0.4, -0.2) is 47.0 Å². The van der Waals surface area contributed by atoms with E-state index in [-0.39, 0.29) is 17.8 Å². The Bertz CT molecular complexity index is 543. The number of alkyl halides is 2. The van der Waals surface area contributed by atoms with Gasteiger partial charge in [-0.1, -0.05) is 0 Å². The van der Waals surface area contributed by atoms with Crippen molar-refractivity contribution in [1.29, 1.82) is 0 Å². The maximum Gasteiger partial charge on any atom is 0.309 e. The monoisotopic (exact) mass is 283 g/mol. The molecule has 0 aromatic carbocycles. The zero-order valence-corrected chi connectivity index (χ0v) is 10.2. The summed E-state index contributed by atoms with van der Waals surface area (Å²) >= 11 is 0. The smallest absolute Gasteiger partial charge is 0.309 e. The zero-order valence-electron chi connectivity index (χ0n) is 10.2. The summed E-state index contributed by atoms with van der Waals surface area (Å²) in [7, 11) is 0. The number of hydrogen-bond acceptors (Lipinski definition) is 5. The first-order valence-corrected chi connectivity index (χ1v) is 6.01. The highest BCUT2D eigenvalue weighted by molar-refractivity contribution is 6.35. The Hall–Kier alpha value is -2.32. The second kappa shape index (κ2) is 4.66. The molecular formula is C11H11F2N5O2. The molecule has 20 heavy (non-hydrogen) atoms. The van der Waals surface area contributed by atoms with Crippen LogP contribution in [0.4, 0.5) is 14.6 Å². The predicted octanol–water partition coefficient (Wildman–Crippen LogP) is -0.783. The highest BCUT2D eigenvalue weighted by Crippen LogP contribution is 2.23. The molecule has 0 saturated carbocycles. The first-order valence-electron chi connectivity index (χ1n) is 6.01. The first-order chi connectivity index (χ1) is 9.54. The number of carbonyl (C=O) groups excluding carboxylic acids is 2. The van der Waals surface area contributed by atoms with Gasteiger partial charge in [0.1, 0.15) is 17.8 Å². The lowest BCUT2D eigenvalue weighted by Gasteiger charge is -2.25. The van der Waals surface area contributed by atoms with Gasteiger partial charge in [-0.05, 0) is 0 Å². The van der Waals surface area contributed by atoms with Gasteiger partial charge >= 0.3 is 11.8 Å². The van der Waals surface area contributed by atoms with Gasteiger partial charge in [0, 0.05) is 19.2 Å². The first kappa shape index (κ1) is 12.7. The Morgan fingerprint density at radius 2 is 1.75 bits per heavy atom. The Kier molecular flexibility index (Phi) is 2.96. The largest absolute Gasteiger partial charge is 0.352 e. The summed E-state index contributed by atoms with van der Waals surface area (Å²) in [5.74, 6) is -0.999. The molecule has 0 bridgehead atoms. The van der Waals surface area contributed by atoms with Crippen LogP contribution in [-0.2, 0) is 9.59 Å². The maximum absolute atomic E-state index is 12.6. The lowest BCUT2D eigenvalue weighted by Crippen LogP contribution is -2.61. The van der Waals surface area contributed by atoms with E-state index in [1.165, 1.54) is 6.07 Å². The van der Waals surface area contributed by atoms with Gasteiger partial charge in [-0.2, -0.15) is 0 Å². The molecule has 2 saturated heterocycles. The molecular weight excluding hydrogens is 272 g/mol. The molecule has 1 aromatic heterocycles. The molecule has 2 N–H and O–H groups in total. The Morgan fingerprint density at radius 1 is 1.15 bits per heavy atom. The third kappa shape index (κ3) is 2.15. The molecule has 1 aromatic rings. The number of amides is 2. The van der Waals surface area contributed by atoms with Crippen molar-refractivity contribution in [1.82, 2.24) is 20.6 Å². The van der Waals surface area contributed by atoms with Gasteiger partial charge in [0.15, 0.2) is 0 Å². The standard InChI is InChI=1S/C11H11F2N5O2/c12-9(13)5-1-8(15-4-14-5)18-2-6-7(3-18)17-11(20)10(19)16-6/h1,4,6-7,9H,2-3H2,(H,16,19)(H,17,20)/t6-,7+. The van der Waals surface area contributed by atoms with E-state index < -0.39 is 18.2 Å². The molecule has 2 fully saturated rings. The van der Waals surface area contributed by atoms with Crippen LogP contribution in [0.5, 0.6) is 0 Å². The van der Waals surface area contributed by atoms with Crippen molar-refractivity contribution < 1.29 is 18.4 Å². The minimum absolute atomic E-state index is 0.245. The van der Waals surface area contributed by atoms with Crippen LogP contribution >= 0.6 is 0 Å². The minimum atomic E-state index is -2.67. The number of anilines is 1. The van der Waals surface area contributed by atoms with E-state index in [0.717, 1.165) is 6.33 Å². The quantitative estimate of drug-likeness (QED) is 0.695. The average Bonchev–Trinajstić information content (AvgIpc) is 2.82.